The average Bonchev–Trinajstić information content (AvgIpc) is 3.21. The molecule has 3 rings (SSSR count). The highest BCUT2D eigenvalue weighted by atomic mass is 16.2. The Morgan fingerprint density at radius 3 is 2.58 bits per heavy atom. The van der Waals surface area contributed by atoms with Gasteiger partial charge in [-0.25, -0.2) is 4.98 Å². The predicted molar refractivity (Wildman–Crippen MR) is 75.0 cm³/mol. The summed E-state index contributed by atoms with van der Waals surface area (Å²) in [6.07, 6.45) is 3.54. The van der Waals surface area contributed by atoms with Crippen LogP contribution >= 0.6 is 0 Å². The van der Waals surface area contributed by atoms with Crippen molar-refractivity contribution in [3.8, 4) is 0 Å². The van der Waals surface area contributed by atoms with E-state index in [1.54, 1.807) is 6.20 Å². The number of anilines is 1. The SMILES string of the molecule is Cc1ccnc(NC(=O)C2(c3ccccc3)CC2)c1. The monoisotopic (exact) mass is 252 g/mol. The number of hydrogen-bond donors (Lipinski definition) is 1. The molecule has 1 aliphatic carbocycles. The summed E-state index contributed by atoms with van der Waals surface area (Å²) in [6.45, 7) is 1.99. The van der Waals surface area contributed by atoms with Crippen LogP contribution in [-0.2, 0) is 10.2 Å². The minimum Gasteiger partial charge on any atom is -0.310 e. The molecule has 0 saturated heterocycles. The molecule has 0 atom stereocenters. The number of pyridine rings is 1. The van der Waals surface area contributed by atoms with Crippen molar-refractivity contribution >= 4 is 11.7 Å². The van der Waals surface area contributed by atoms with Crippen LogP contribution in [0.1, 0.15) is 24.0 Å². The fourth-order valence-electron chi connectivity index (χ4n) is 2.37. The van der Waals surface area contributed by atoms with E-state index in [0.717, 1.165) is 24.0 Å². The van der Waals surface area contributed by atoms with Crippen molar-refractivity contribution in [2.24, 2.45) is 0 Å². The molecule has 1 fully saturated rings. The van der Waals surface area contributed by atoms with Gasteiger partial charge in [-0.3, -0.25) is 4.79 Å². The molecule has 0 bridgehead atoms. The molecule has 1 aliphatic rings. The first-order valence-corrected chi connectivity index (χ1v) is 6.50. The van der Waals surface area contributed by atoms with E-state index in [2.05, 4.69) is 10.3 Å². The van der Waals surface area contributed by atoms with Crippen LogP contribution in [0.25, 0.3) is 0 Å². The molecule has 2 aromatic rings. The lowest BCUT2D eigenvalue weighted by Crippen LogP contribution is -2.28. The molecule has 1 N–H and O–H groups in total. The molecule has 96 valence electrons. The summed E-state index contributed by atoms with van der Waals surface area (Å²) >= 11 is 0. The maximum Gasteiger partial charge on any atom is 0.236 e. The Kier molecular flexibility index (Phi) is 2.82. The molecule has 0 radical (unpaired) electrons. The molecule has 1 heterocycles. The van der Waals surface area contributed by atoms with Gasteiger partial charge in [0.05, 0.1) is 5.41 Å². The van der Waals surface area contributed by atoms with Crippen LogP contribution in [0.5, 0.6) is 0 Å². The van der Waals surface area contributed by atoms with Crippen molar-refractivity contribution in [3.05, 3.63) is 59.8 Å². The van der Waals surface area contributed by atoms with Gasteiger partial charge in [0, 0.05) is 6.20 Å². The highest BCUT2D eigenvalue weighted by Gasteiger charge is 2.51. The summed E-state index contributed by atoms with van der Waals surface area (Å²) in [7, 11) is 0. The summed E-state index contributed by atoms with van der Waals surface area (Å²) in [6, 6.07) is 13.8. The zero-order valence-electron chi connectivity index (χ0n) is 10.9. The van der Waals surface area contributed by atoms with Crippen LogP contribution in [0.3, 0.4) is 0 Å². The van der Waals surface area contributed by atoms with Crippen molar-refractivity contribution in [2.75, 3.05) is 5.32 Å². The van der Waals surface area contributed by atoms with Crippen molar-refractivity contribution in [1.29, 1.82) is 0 Å². The van der Waals surface area contributed by atoms with Crippen molar-refractivity contribution in [1.82, 2.24) is 4.98 Å². The van der Waals surface area contributed by atoms with Gasteiger partial charge in [-0.2, -0.15) is 0 Å². The lowest BCUT2D eigenvalue weighted by molar-refractivity contribution is -0.118. The number of amides is 1. The molecule has 19 heavy (non-hydrogen) atoms. The zero-order chi connectivity index (χ0) is 13.3. The van der Waals surface area contributed by atoms with Gasteiger partial charge in [0.25, 0.3) is 0 Å². The first kappa shape index (κ1) is 11.9. The molecule has 0 spiro atoms. The Morgan fingerprint density at radius 2 is 1.95 bits per heavy atom. The van der Waals surface area contributed by atoms with Gasteiger partial charge in [0.1, 0.15) is 5.82 Å². The smallest absolute Gasteiger partial charge is 0.236 e. The van der Waals surface area contributed by atoms with E-state index in [4.69, 9.17) is 0 Å². The highest BCUT2D eigenvalue weighted by molar-refractivity contribution is 6.00. The Morgan fingerprint density at radius 1 is 1.21 bits per heavy atom. The van der Waals surface area contributed by atoms with E-state index in [-0.39, 0.29) is 11.3 Å². The van der Waals surface area contributed by atoms with Crippen LogP contribution in [0.4, 0.5) is 5.82 Å². The number of aryl methyl sites for hydroxylation is 1. The van der Waals surface area contributed by atoms with Crippen molar-refractivity contribution < 1.29 is 4.79 Å². The molecule has 0 unspecified atom stereocenters. The number of hydrogen-bond acceptors (Lipinski definition) is 2. The highest BCUT2D eigenvalue weighted by Crippen LogP contribution is 2.48. The molecule has 1 saturated carbocycles. The lowest BCUT2D eigenvalue weighted by Gasteiger charge is -2.15. The Hall–Kier alpha value is -2.16. The van der Waals surface area contributed by atoms with Gasteiger partial charge in [-0.1, -0.05) is 30.3 Å². The molecule has 0 aliphatic heterocycles. The Balaban J connectivity index is 1.82. The third-order valence-electron chi connectivity index (χ3n) is 3.67. The Labute approximate surface area is 112 Å². The number of nitrogens with zero attached hydrogens (tertiary/aromatic N) is 1. The van der Waals surface area contributed by atoms with Gasteiger partial charge in [0.2, 0.25) is 5.91 Å². The fourth-order valence-corrected chi connectivity index (χ4v) is 2.37. The summed E-state index contributed by atoms with van der Waals surface area (Å²) < 4.78 is 0. The standard InChI is InChI=1S/C16H16N2O/c1-12-7-10-17-14(11-12)18-15(19)16(8-9-16)13-5-3-2-4-6-13/h2-7,10-11H,8-9H2,1H3,(H,17,18,19). The predicted octanol–water partition coefficient (Wildman–Crippen LogP) is 3.06. The zero-order valence-corrected chi connectivity index (χ0v) is 10.9. The number of nitrogens with one attached hydrogen (secondary N) is 1. The van der Waals surface area contributed by atoms with Gasteiger partial charge >= 0.3 is 0 Å². The minimum atomic E-state index is -0.341. The van der Waals surface area contributed by atoms with Crippen LogP contribution in [0.15, 0.2) is 48.7 Å². The van der Waals surface area contributed by atoms with E-state index in [1.165, 1.54) is 0 Å². The van der Waals surface area contributed by atoms with Crippen molar-refractivity contribution in [3.63, 3.8) is 0 Å². The maximum absolute atomic E-state index is 12.5. The number of rotatable bonds is 3. The summed E-state index contributed by atoms with van der Waals surface area (Å²) in [5.74, 6) is 0.684. The fraction of sp³-hybridized carbons (Fsp3) is 0.250. The number of carbonyl (C=O) groups excluding carboxylic acids is 1. The molecular weight excluding hydrogens is 236 g/mol. The molecule has 1 aromatic carbocycles. The maximum atomic E-state index is 12.5. The van der Waals surface area contributed by atoms with Gasteiger partial charge in [-0.05, 0) is 43.0 Å². The minimum absolute atomic E-state index is 0.0526. The van der Waals surface area contributed by atoms with E-state index in [0.29, 0.717) is 5.82 Å². The first-order chi connectivity index (χ1) is 9.21. The summed E-state index contributed by atoms with van der Waals surface area (Å²) in [5.41, 5.74) is 1.85. The molecule has 3 nitrogen and oxygen atoms in total. The second-order valence-electron chi connectivity index (χ2n) is 5.12. The second-order valence-corrected chi connectivity index (χ2v) is 5.12. The quantitative estimate of drug-likeness (QED) is 0.912. The third-order valence-corrected chi connectivity index (χ3v) is 3.67. The number of aromatic nitrogens is 1. The molecule has 1 amide bonds. The normalized spacial score (nSPS) is 15.8. The Bertz CT molecular complexity index is 603. The first-order valence-electron chi connectivity index (χ1n) is 6.50. The van der Waals surface area contributed by atoms with Crippen molar-refractivity contribution in [2.45, 2.75) is 25.2 Å². The third kappa shape index (κ3) is 2.24. The van der Waals surface area contributed by atoms with Gasteiger partial charge in [0.15, 0.2) is 0 Å². The number of benzene rings is 1. The topological polar surface area (TPSA) is 42.0 Å². The van der Waals surface area contributed by atoms with Crippen LogP contribution < -0.4 is 5.32 Å². The molecule has 1 aromatic heterocycles. The second kappa shape index (κ2) is 4.50. The molecule has 3 heteroatoms. The van der Waals surface area contributed by atoms with Crippen LogP contribution in [-0.4, -0.2) is 10.9 Å². The van der Waals surface area contributed by atoms with Crippen LogP contribution in [0.2, 0.25) is 0 Å². The van der Waals surface area contributed by atoms with E-state index >= 15 is 0 Å². The molecular formula is C16H16N2O. The average molecular weight is 252 g/mol. The summed E-state index contributed by atoms with van der Waals surface area (Å²) in [5, 5.41) is 2.93. The van der Waals surface area contributed by atoms with Gasteiger partial charge < -0.3 is 5.32 Å². The van der Waals surface area contributed by atoms with E-state index in [1.807, 2.05) is 49.4 Å². The van der Waals surface area contributed by atoms with E-state index < -0.39 is 0 Å². The van der Waals surface area contributed by atoms with E-state index in [9.17, 15) is 4.79 Å². The lowest BCUT2D eigenvalue weighted by atomic mass is 9.95. The number of carbonyl (C=O) groups is 1. The largest absolute Gasteiger partial charge is 0.310 e. The van der Waals surface area contributed by atoms with Gasteiger partial charge in [-0.15, -0.1) is 0 Å². The van der Waals surface area contributed by atoms with Crippen LogP contribution in [0, 0.1) is 6.92 Å². The summed E-state index contributed by atoms with van der Waals surface area (Å²) in [4.78, 5) is 16.6.